The molecule has 0 radical (unpaired) electrons. The van der Waals surface area contributed by atoms with Gasteiger partial charge in [0.15, 0.2) is 0 Å². The molecule has 2 aliphatic rings. The molecule has 1 N–H and O–H groups in total. The third-order valence-electron chi connectivity index (χ3n) is 7.36. The monoisotopic (exact) mass is 462 g/mol. The van der Waals surface area contributed by atoms with Crippen molar-refractivity contribution in [2.24, 2.45) is 5.92 Å². The second-order valence-corrected chi connectivity index (χ2v) is 9.54. The number of hydrogen-bond acceptors (Lipinski definition) is 4. The maximum Gasteiger partial charge on any atom is 0.269 e. The van der Waals surface area contributed by atoms with E-state index in [2.05, 4.69) is 72.9 Å². The van der Waals surface area contributed by atoms with E-state index in [-0.39, 0.29) is 28.5 Å². The Balaban J connectivity index is 1.29. The van der Waals surface area contributed by atoms with Crippen molar-refractivity contribution in [1.82, 2.24) is 0 Å². The molecule has 4 aromatic carbocycles. The van der Waals surface area contributed by atoms with Crippen LogP contribution in [0.15, 0.2) is 91.0 Å². The number of benzene rings is 4. The Morgan fingerprint density at radius 3 is 2.49 bits per heavy atom. The van der Waals surface area contributed by atoms with Crippen LogP contribution < -0.4 is 10.1 Å². The highest BCUT2D eigenvalue weighted by Gasteiger charge is 2.43. The smallest absolute Gasteiger partial charge is 0.269 e. The average Bonchev–Trinajstić information content (AvgIpc) is 3.28. The number of nitro benzene ring substituents is 1. The first-order valence-corrected chi connectivity index (χ1v) is 12.0. The summed E-state index contributed by atoms with van der Waals surface area (Å²) in [6.45, 7) is 2.61. The van der Waals surface area contributed by atoms with Gasteiger partial charge in [-0.05, 0) is 65.3 Å². The van der Waals surface area contributed by atoms with Crippen LogP contribution in [0.4, 0.5) is 11.4 Å². The minimum absolute atomic E-state index is 0.104. The van der Waals surface area contributed by atoms with Crippen molar-refractivity contribution < 1.29 is 9.66 Å². The molecule has 35 heavy (non-hydrogen) atoms. The number of non-ortho nitro benzene ring substituents is 1. The van der Waals surface area contributed by atoms with Crippen LogP contribution in [0, 0.1) is 23.0 Å². The molecule has 3 atom stereocenters. The predicted octanol–water partition coefficient (Wildman–Crippen LogP) is 6.95. The first-order chi connectivity index (χ1) is 17.1. The van der Waals surface area contributed by atoms with Gasteiger partial charge >= 0.3 is 0 Å². The van der Waals surface area contributed by atoms with Crippen LogP contribution in [0.25, 0.3) is 0 Å². The number of anilines is 1. The Kier molecular flexibility index (Phi) is 5.25. The zero-order valence-electron chi connectivity index (χ0n) is 19.5. The summed E-state index contributed by atoms with van der Waals surface area (Å²) in [4.78, 5) is 11.2. The maximum atomic E-state index is 11.5. The summed E-state index contributed by atoms with van der Waals surface area (Å²) in [5, 5.41) is 15.2. The van der Waals surface area contributed by atoms with Gasteiger partial charge in [0.05, 0.1) is 11.0 Å². The molecule has 0 fully saturated rings. The Bertz CT molecular complexity index is 1400. The largest absolute Gasteiger partial charge is 0.489 e. The lowest BCUT2D eigenvalue weighted by Crippen LogP contribution is -2.30. The van der Waals surface area contributed by atoms with Gasteiger partial charge in [0, 0.05) is 23.7 Å². The molecule has 0 saturated heterocycles. The zero-order valence-corrected chi connectivity index (χ0v) is 19.5. The summed E-state index contributed by atoms with van der Waals surface area (Å²) in [7, 11) is 0. The van der Waals surface area contributed by atoms with Gasteiger partial charge in [0.25, 0.3) is 5.69 Å². The van der Waals surface area contributed by atoms with Crippen molar-refractivity contribution >= 4 is 11.4 Å². The fraction of sp³-hybridized carbons (Fsp3) is 0.200. The Hall–Kier alpha value is -4.12. The van der Waals surface area contributed by atoms with Gasteiger partial charge < -0.3 is 10.1 Å². The van der Waals surface area contributed by atoms with Gasteiger partial charge in [0.2, 0.25) is 0 Å². The molecular formula is C30H26N2O3. The lowest BCUT2D eigenvalue weighted by Gasteiger charge is -2.38. The molecule has 0 unspecified atom stereocenters. The summed E-state index contributed by atoms with van der Waals surface area (Å²) in [5.74, 6) is 1.25. The van der Waals surface area contributed by atoms with Crippen LogP contribution in [0.5, 0.6) is 5.75 Å². The first kappa shape index (κ1) is 21.4. The first-order valence-electron chi connectivity index (χ1n) is 12.0. The van der Waals surface area contributed by atoms with Crippen LogP contribution >= 0.6 is 0 Å². The van der Waals surface area contributed by atoms with E-state index in [0.29, 0.717) is 6.61 Å². The van der Waals surface area contributed by atoms with E-state index >= 15 is 0 Å². The fourth-order valence-corrected chi connectivity index (χ4v) is 5.61. The highest BCUT2D eigenvalue weighted by Crippen LogP contribution is 2.54. The average molecular weight is 463 g/mol. The lowest BCUT2D eigenvalue weighted by molar-refractivity contribution is -0.384. The number of aryl methyl sites for hydroxylation is 1. The van der Waals surface area contributed by atoms with E-state index in [9.17, 15) is 10.1 Å². The molecular weight excluding hydrogens is 436 g/mol. The van der Waals surface area contributed by atoms with Gasteiger partial charge in [-0.1, -0.05) is 66.2 Å². The molecule has 174 valence electrons. The minimum atomic E-state index is -0.308. The van der Waals surface area contributed by atoms with Gasteiger partial charge in [-0.3, -0.25) is 10.1 Å². The SMILES string of the molecule is Cc1ccc(COc2ccc([C@@H]3Nc4ccc([N+](=O)[O-])cc4[C@H]4c5ccccc5C[C@H]43)cc2)cc1. The molecule has 0 amide bonds. The lowest BCUT2D eigenvalue weighted by atomic mass is 9.75. The third-order valence-corrected chi connectivity index (χ3v) is 7.36. The number of ether oxygens (including phenoxy) is 1. The van der Waals surface area contributed by atoms with Crippen LogP contribution in [0.2, 0.25) is 0 Å². The molecule has 1 heterocycles. The van der Waals surface area contributed by atoms with E-state index in [0.717, 1.165) is 29.0 Å². The summed E-state index contributed by atoms with van der Waals surface area (Å²) in [6.07, 6.45) is 0.937. The predicted molar refractivity (Wildman–Crippen MR) is 137 cm³/mol. The molecule has 4 aromatic rings. The van der Waals surface area contributed by atoms with Gasteiger partial charge in [0.1, 0.15) is 12.4 Å². The Morgan fingerprint density at radius 2 is 1.71 bits per heavy atom. The highest BCUT2D eigenvalue weighted by atomic mass is 16.6. The number of nitro groups is 1. The van der Waals surface area contributed by atoms with E-state index in [1.165, 1.54) is 22.3 Å². The Morgan fingerprint density at radius 1 is 0.943 bits per heavy atom. The molecule has 0 aromatic heterocycles. The van der Waals surface area contributed by atoms with Crippen LogP contribution in [-0.2, 0) is 13.0 Å². The molecule has 5 heteroatoms. The van der Waals surface area contributed by atoms with E-state index in [1.54, 1.807) is 12.1 Å². The molecule has 5 nitrogen and oxygen atoms in total. The van der Waals surface area contributed by atoms with Gasteiger partial charge in [-0.2, -0.15) is 0 Å². The molecule has 0 bridgehead atoms. The Labute approximate surface area is 204 Å². The quantitative estimate of drug-likeness (QED) is 0.257. The van der Waals surface area contributed by atoms with Crippen molar-refractivity contribution in [3.8, 4) is 5.75 Å². The van der Waals surface area contributed by atoms with Crippen molar-refractivity contribution in [3.05, 3.63) is 134 Å². The topological polar surface area (TPSA) is 64.4 Å². The number of fused-ring (bicyclic) bond motifs is 5. The molecule has 0 spiro atoms. The highest BCUT2D eigenvalue weighted by molar-refractivity contribution is 5.65. The fourth-order valence-electron chi connectivity index (χ4n) is 5.61. The number of rotatable bonds is 5. The second-order valence-electron chi connectivity index (χ2n) is 9.54. The van der Waals surface area contributed by atoms with E-state index < -0.39 is 0 Å². The summed E-state index contributed by atoms with van der Waals surface area (Å²) in [6, 6.07) is 30.5. The minimum Gasteiger partial charge on any atom is -0.489 e. The standard InChI is InChI=1S/C30H26N2O3/c1-19-6-8-20(9-7-19)18-35-24-13-10-21(11-14-24)30-27-16-22-4-2-3-5-25(22)29(27)26-17-23(32(33)34)12-15-28(26)31-30/h2-15,17,27,29-31H,16,18H2,1H3/t27-,29-,30+/m1/s1. The molecule has 0 saturated carbocycles. The van der Waals surface area contributed by atoms with Crippen LogP contribution in [0.1, 0.15) is 45.3 Å². The third kappa shape index (κ3) is 3.93. The van der Waals surface area contributed by atoms with Crippen molar-refractivity contribution in [2.75, 3.05) is 5.32 Å². The van der Waals surface area contributed by atoms with E-state index in [4.69, 9.17) is 4.74 Å². The van der Waals surface area contributed by atoms with E-state index in [1.807, 2.05) is 18.2 Å². The van der Waals surface area contributed by atoms with Crippen molar-refractivity contribution in [1.29, 1.82) is 0 Å². The summed E-state index contributed by atoms with van der Waals surface area (Å²) in [5.41, 5.74) is 8.31. The maximum absolute atomic E-state index is 11.5. The molecule has 1 aliphatic carbocycles. The summed E-state index contributed by atoms with van der Waals surface area (Å²) >= 11 is 0. The zero-order chi connectivity index (χ0) is 23.9. The van der Waals surface area contributed by atoms with Crippen LogP contribution in [0.3, 0.4) is 0 Å². The van der Waals surface area contributed by atoms with Gasteiger partial charge in [-0.15, -0.1) is 0 Å². The molecule has 6 rings (SSSR count). The number of nitrogens with zero attached hydrogens (tertiary/aromatic N) is 1. The second kappa shape index (κ2) is 8.58. The van der Waals surface area contributed by atoms with Crippen molar-refractivity contribution in [2.45, 2.75) is 31.9 Å². The number of hydrogen-bond donors (Lipinski definition) is 1. The molecule has 1 aliphatic heterocycles. The number of nitrogens with one attached hydrogen (secondary N) is 1. The normalized spacial score (nSPS) is 19.7. The van der Waals surface area contributed by atoms with Crippen LogP contribution in [-0.4, -0.2) is 4.92 Å². The van der Waals surface area contributed by atoms with Gasteiger partial charge in [-0.25, -0.2) is 0 Å². The van der Waals surface area contributed by atoms with Crippen molar-refractivity contribution in [3.63, 3.8) is 0 Å². The summed E-state index contributed by atoms with van der Waals surface area (Å²) < 4.78 is 6.02.